The van der Waals surface area contributed by atoms with Crippen LogP contribution < -0.4 is 5.32 Å². The quantitative estimate of drug-likeness (QED) is 0.754. The van der Waals surface area contributed by atoms with Gasteiger partial charge in [0.2, 0.25) is 0 Å². The molecule has 0 aromatic heterocycles. The molecule has 0 aliphatic rings. The van der Waals surface area contributed by atoms with Crippen LogP contribution >= 0.6 is 0 Å². The largest absolute Gasteiger partial charge is 0.391 e. The maximum atomic E-state index is 12.4. The summed E-state index contributed by atoms with van der Waals surface area (Å²) in [5.41, 5.74) is -2.32. The molecule has 0 unspecified atom stereocenters. The first-order valence-electron chi connectivity index (χ1n) is 5.31. The van der Waals surface area contributed by atoms with Crippen molar-refractivity contribution in [2.75, 3.05) is 13.7 Å². The van der Waals surface area contributed by atoms with Crippen LogP contribution in [0.25, 0.3) is 0 Å². The third-order valence-electron chi connectivity index (χ3n) is 2.31. The Morgan fingerprint density at radius 2 is 1.33 bits per heavy atom. The van der Waals surface area contributed by atoms with Crippen molar-refractivity contribution in [1.29, 1.82) is 0 Å². The first kappa shape index (κ1) is 17.5. The second-order valence-corrected chi connectivity index (χ2v) is 4.51. The smallest absolute Gasteiger partial charge is 0.376 e. The van der Waals surface area contributed by atoms with E-state index in [1.54, 1.807) is 13.8 Å². The molecule has 0 fully saturated rings. The van der Waals surface area contributed by atoms with Gasteiger partial charge in [0.05, 0.1) is 18.4 Å². The highest BCUT2D eigenvalue weighted by Crippen LogP contribution is 2.37. The highest BCUT2D eigenvalue weighted by molar-refractivity contribution is 4.89. The highest BCUT2D eigenvalue weighted by atomic mass is 19.4. The molecule has 0 aromatic rings. The van der Waals surface area contributed by atoms with E-state index in [1.807, 2.05) is 0 Å². The maximum absolute atomic E-state index is 12.4. The Bertz CT molecular complexity index is 232. The van der Waals surface area contributed by atoms with E-state index in [2.05, 4.69) is 10.1 Å². The van der Waals surface area contributed by atoms with Gasteiger partial charge < -0.3 is 10.1 Å². The fraction of sp³-hybridized carbons (Fsp3) is 1.00. The fourth-order valence-electron chi connectivity index (χ4n) is 1.52. The van der Waals surface area contributed by atoms with Crippen molar-refractivity contribution in [3.63, 3.8) is 0 Å². The van der Waals surface area contributed by atoms with Crippen molar-refractivity contribution in [2.24, 2.45) is 0 Å². The molecule has 0 radical (unpaired) electrons. The van der Waals surface area contributed by atoms with Crippen LogP contribution in [-0.2, 0) is 4.74 Å². The van der Waals surface area contributed by atoms with Crippen LogP contribution in [-0.4, -0.2) is 37.7 Å². The van der Waals surface area contributed by atoms with E-state index in [-0.39, 0.29) is 6.04 Å². The maximum Gasteiger partial charge on any atom is 0.391 e. The number of halogens is 6. The van der Waals surface area contributed by atoms with Gasteiger partial charge in [-0.2, -0.15) is 26.3 Å². The molecule has 0 saturated heterocycles. The molecule has 18 heavy (non-hydrogen) atoms. The molecular weight excluding hydrogens is 264 g/mol. The van der Waals surface area contributed by atoms with Gasteiger partial charge in [-0.25, -0.2) is 0 Å². The molecule has 0 aliphatic carbocycles. The van der Waals surface area contributed by atoms with E-state index in [0.717, 1.165) is 7.11 Å². The minimum atomic E-state index is -4.72. The van der Waals surface area contributed by atoms with Gasteiger partial charge in [0.15, 0.2) is 0 Å². The van der Waals surface area contributed by atoms with Crippen molar-refractivity contribution in [3.05, 3.63) is 0 Å². The van der Waals surface area contributed by atoms with Crippen molar-refractivity contribution in [1.82, 2.24) is 5.32 Å². The van der Waals surface area contributed by atoms with E-state index in [1.165, 1.54) is 0 Å². The first-order chi connectivity index (χ1) is 7.89. The van der Waals surface area contributed by atoms with Crippen LogP contribution in [0.1, 0.15) is 26.7 Å². The van der Waals surface area contributed by atoms with Gasteiger partial charge in [0.1, 0.15) is 0 Å². The van der Waals surface area contributed by atoms with Crippen molar-refractivity contribution in [3.8, 4) is 0 Å². The Labute approximate surface area is 102 Å². The zero-order valence-corrected chi connectivity index (χ0v) is 10.4. The van der Waals surface area contributed by atoms with Crippen LogP contribution in [0.4, 0.5) is 26.3 Å². The standard InChI is InChI=1S/C10H17F6NO/c1-7(2)17-6-8(18-3,4-9(11,12)13)5-10(14,15)16/h7,17H,4-6H2,1-3H3. The molecule has 0 aliphatic heterocycles. The van der Waals surface area contributed by atoms with Crippen molar-refractivity contribution < 1.29 is 31.1 Å². The average Bonchev–Trinajstić information content (AvgIpc) is 2.09. The third kappa shape index (κ3) is 7.75. The SMILES string of the molecule is COC(CNC(C)C)(CC(F)(F)F)CC(F)(F)F. The Kier molecular flexibility index (Phi) is 5.93. The number of methoxy groups -OCH3 is 1. The van der Waals surface area contributed by atoms with Gasteiger partial charge in [-0.15, -0.1) is 0 Å². The van der Waals surface area contributed by atoms with Crippen LogP contribution in [0.15, 0.2) is 0 Å². The minimum Gasteiger partial charge on any atom is -0.376 e. The zero-order valence-electron chi connectivity index (χ0n) is 10.4. The summed E-state index contributed by atoms with van der Waals surface area (Å²) in [6, 6.07) is -0.235. The lowest BCUT2D eigenvalue weighted by molar-refractivity contribution is -0.222. The Hall–Kier alpha value is -0.500. The predicted octanol–water partition coefficient (Wildman–Crippen LogP) is 3.27. The van der Waals surface area contributed by atoms with E-state index in [9.17, 15) is 26.3 Å². The number of hydrogen-bond acceptors (Lipinski definition) is 2. The molecule has 0 atom stereocenters. The third-order valence-corrected chi connectivity index (χ3v) is 2.31. The second kappa shape index (κ2) is 6.10. The van der Waals surface area contributed by atoms with Gasteiger partial charge >= 0.3 is 12.4 Å². The fourth-order valence-corrected chi connectivity index (χ4v) is 1.52. The van der Waals surface area contributed by atoms with Crippen molar-refractivity contribution in [2.45, 2.75) is 50.7 Å². The molecule has 110 valence electrons. The van der Waals surface area contributed by atoms with Crippen molar-refractivity contribution >= 4 is 0 Å². The summed E-state index contributed by atoms with van der Waals surface area (Å²) in [6.07, 6.45) is -12.7. The number of alkyl halides is 6. The summed E-state index contributed by atoms with van der Waals surface area (Å²) >= 11 is 0. The minimum absolute atomic E-state index is 0.235. The lowest BCUT2D eigenvalue weighted by atomic mass is 9.94. The lowest BCUT2D eigenvalue weighted by Gasteiger charge is -2.34. The number of nitrogens with one attached hydrogen (secondary N) is 1. The average molecular weight is 281 g/mol. The topological polar surface area (TPSA) is 21.3 Å². The van der Waals surface area contributed by atoms with Gasteiger partial charge in [-0.05, 0) is 0 Å². The second-order valence-electron chi connectivity index (χ2n) is 4.51. The first-order valence-corrected chi connectivity index (χ1v) is 5.31. The van der Waals surface area contributed by atoms with Crippen LogP contribution in [0.2, 0.25) is 0 Å². The predicted molar refractivity (Wildman–Crippen MR) is 54.2 cm³/mol. The molecule has 0 heterocycles. The molecule has 0 spiro atoms. The van der Waals surface area contributed by atoms with Crippen LogP contribution in [0.5, 0.6) is 0 Å². The van der Waals surface area contributed by atoms with Gasteiger partial charge in [0.25, 0.3) is 0 Å². The van der Waals surface area contributed by atoms with Gasteiger partial charge in [-0.1, -0.05) is 13.8 Å². The monoisotopic (exact) mass is 281 g/mol. The van der Waals surface area contributed by atoms with E-state index in [0.29, 0.717) is 0 Å². The number of rotatable bonds is 6. The van der Waals surface area contributed by atoms with E-state index in [4.69, 9.17) is 0 Å². The number of hydrogen-bond donors (Lipinski definition) is 1. The highest BCUT2D eigenvalue weighted by Gasteiger charge is 2.49. The summed E-state index contributed by atoms with van der Waals surface area (Å²) in [5.74, 6) is 0. The van der Waals surface area contributed by atoms with Crippen LogP contribution in [0.3, 0.4) is 0 Å². The zero-order chi connectivity index (χ0) is 14.6. The summed E-state index contributed by atoms with van der Waals surface area (Å²) < 4.78 is 78.7. The van der Waals surface area contributed by atoms with Crippen LogP contribution in [0, 0.1) is 0 Å². The summed E-state index contributed by atoms with van der Waals surface area (Å²) in [4.78, 5) is 0. The van der Waals surface area contributed by atoms with Gasteiger partial charge in [-0.3, -0.25) is 0 Å². The molecular formula is C10H17F6NO. The Balaban J connectivity index is 4.95. The van der Waals surface area contributed by atoms with E-state index < -0.39 is 37.3 Å². The normalized spacial score (nSPS) is 14.3. The molecule has 0 bridgehead atoms. The summed E-state index contributed by atoms with van der Waals surface area (Å²) in [5, 5.41) is 2.56. The molecule has 2 nitrogen and oxygen atoms in total. The molecule has 0 amide bonds. The Morgan fingerprint density at radius 3 is 1.56 bits per heavy atom. The molecule has 0 rings (SSSR count). The molecule has 0 saturated carbocycles. The molecule has 8 heteroatoms. The molecule has 0 aromatic carbocycles. The molecule has 1 N–H and O–H groups in total. The Morgan fingerprint density at radius 1 is 0.944 bits per heavy atom. The number of ether oxygens (including phenoxy) is 1. The van der Waals surface area contributed by atoms with Gasteiger partial charge in [0, 0.05) is 19.7 Å². The summed E-state index contributed by atoms with van der Waals surface area (Å²) in [7, 11) is 0.861. The summed E-state index contributed by atoms with van der Waals surface area (Å²) in [6.45, 7) is 2.74. The van der Waals surface area contributed by atoms with E-state index >= 15 is 0 Å². The lowest BCUT2D eigenvalue weighted by Crippen LogP contribution is -2.50.